The first-order chi connectivity index (χ1) is 19.9. The van der Waals surface area contributed by atoms with E-state index in [4.69, 9.17) is 11.1 Å². The molecule has 0 bridgehead atoms. The van der Waals surface area contributed by atoms with E-state index in [1.165, 1.54) is 29.2 Å². The Morgan fingerprint density at radius 3 is 2.12 bits per heavy atom. The fraction of sp³-hybridized carbons (Fsp3) is 0.321. The van der Waals surface area contributed by atoms with Crippen molar-refractivity contribution in [2.45, 2.75) is 31.3 Å². The molecule has 2 aromatic carbocycles. The minimum atomic E-state index is -1.75. The normalized spacial score (nSPS) is 15.7. The summed E-state index contributed by atoms with van der Waals surface area (Å²) in [6.45, 7) is -0.868. The number of aliphatic carboxylic acids is 3. The lowest BCUT2D eigenvalue weighted by atomic mass is 10.0. The number of nitrogens with zero attached hydrogens (tertiary/aromatic N) is 2. The van der Waals surface area contributed by atoms with Crippen molar-refractivity contribution < 1.29 is 44.1 Å². The van der Waals surface area contributed by atoms with Gasteiger partial charge in [-0.2, -0.15) is 0 Å². The molecule has 1 aliphatic rings. The van der Waals surface area contributed by atoms with Crippen LogP contribution in [0.1, 0.15) is 34.3 Å². The number of amides is 3. The Morgan fingerprint density at radius 2 is 1.57 bits per heavy atom. The van der Waals surface area contributed by atoms with Crippen LogP contribution in [-0.4, -0.2) is 98.3 Å². The lowest BCUT2D eigenvalue weighted by Crippen LogP contribution is -2.57. The summed E-state index contributed by atoms with van der Waals surface area (Å²) in [5.41, 5.74) is 6.68. The number of hydrogen-bond acceptors (Lipinski definition) is 7. The van der Waals surface area contributed by atoms with Gasteiger partial charge in [-0.25, -0.2) is 4.79 Å². The Kier molecular flexibility index (Phi) is 10.3. The number of benzene rings is 2. The number of carbonyl (C=O) groups is 6. The first-order valence-electron chi connectivity index (χ1n) is 12.9. The van der Waals surface area contributed by atoms with Gasteiger partial charge < -0.3 is 36.2 Å². The van der Waals surface area contributed by atoms with Crippen LogP contribution in [0.15, 0.2) is 54.6 Å². The maximum absolute atomic E-state index is 13.5. The van der Waals surface area contributed by atoms with Gasteiger partial charge in [0.2, 0.25) is 11.8 Å². The van der Waals surface area contributed by atoms with Gasteiger partial charge in [0.15, 0.2) is 0 Å². The van der Waals surface area contributed by atoms with Gasteiger partial charge in [-0.1, -0.05) is 42.5 Å². The lowest BCUT2D eigenvalue weighted by molar-refractivity contribution is -0.156. The molecule has 42 heavy (non-hydrogen) atoms. The predicted octanol–water partition coefficient (Wildman–Crippen LogP) is 0.00137. The lowest BCUT2D eigenvalue weighted by Gasteiger charge is -2.31. The molecule has 3 rings (SSSR count). The van der Waals surface area contributed by atoms with Crippen molar-refractivity contribution >= 4 is 41.5 Å². The topological polar surface area (TPSA) is 231 Å². The number of nitrogen functional groups attached to an aromatic ring is 1. The van der Waals surface area contributed by atoms with Crippen molar-refractivity contribution in [2.24, 2.45) is 11.7 Å². The van der Waals surface area contributed by atoms with E-state index < -0.39 is 60.7 Å². The molecule has 1 aliphatic heterocycles. The number of carboxylic acids is 3. The Hall–Kier alpha value is -5.27. The Balaban J connectivity index is 1.76. The molecular formula is C28H31N5O9. The van der Waals surface area contributed by atoms with Crippen LogP contribution in [0.25, 0.3) is 0 Å². The van der Waals surface area contributed by atoms with E-state index in [9.17, 15) is 44.1 Å². The Bertz CT molecular complexity index is 1360. The zero-order chi connectivity index (χ0) is 31.0. The van der Waals surface area contributed by atoms with Crippen LogP contribution in [-0.2, 0) is 30.4 Å². The number of rotatable bonds is 13. The molecule has 0 aliphatic carbocycles. The minimum absolute atomic E-state index is 0.0301. The van der Waals surface area contributed by atoms with Gasteiger partial charge >= 0.3 is 17.9 Å². The minimum Gasteiger partial charge on any atom is -0.481 e. The summed E-state index contributed by atoms with van der Waals surface area (Å²) in [5, 5.41) is 38.5. The predicted molar refractivity (Wildman–Crippen MR) is 147 cm³/mol. The molecule has 1 saturated heterocycles. The molecule has 0 radical (unpaired) electrons. The molecule has 7 N–H and O–H groups in total. The third kappa shape index (κ3) is 8.13. The molecule has 222 valence electrons. The maximum atomic E-state index is 13.5. The molecule has 14 nitrogen and oxygen atoms in total. The van der Waals surface area contributed by atoms with Crippen LogP contribution in [0.5, 0.6) is 0 Å². The molecule has 2 aromatic rings. The first kappa shape index (κ1) is 31.3. The zero-order valence-electron chi connectivity index (χ0n) is 22.4. The van der Waals surface area contributed by atoms with Crippen molar-refractivity contribution in [3.05, 3.63) is 71.3 Å². The summed E-state index contributed by atoms with van der Waals surface area (Å²) in [5.74, 6) is -7.75. The van der Waals surface area contributed by atoms with Gasteiger partial charge in [-0.05, 0) is 24.1 Å². The maximum Gasteiger partial charge on any atom is 0.326 e. The molecule has 14 heteroatoms. The van der Waals surface area contributed by atoms with Crippen molar-refractivity contribution in [1.82, 2.24) is 15.1 Å². The Labute approximate surface area is 240 Å². The second-order valence-electron chi connectivity index (χ2n) is 9.79. The van der Waals surface area contributed by atoms with E-state index in [-0.39, 0.29) is 37.7 Å². The van der Waals surface area contributed by atoms with Crippen molar-refractivity contribution in [3.63, 3.8) is 0 Å². The number of carbonyl (C=O) groups excluding carboxylic acids is 3. The largest absolute Gasteiger partial charge is 0.481 e. The summed E-state index contributed by atoms with van der Waals surface area (Å²) >= 11 is 0. The summed E-state index contributed by atoms with van der Waals surface area (Å²) in [4.78, 5) is 76.8. The molecule has 0 saturated carbocycles. The van der Waals surface area contributed by atoms with Gasteiger partial charge in [0.05, 0.1) is 12.3 Å². The van der Waals surface area contributed by atoms with E-state index in [2.05, 4.69) is 5.32 Å². The molecule has 0 unspecified atom stereocenters. The van der Waals surface area contributed by atoms with Crippen LogP contribution in [0, 0.1) is 11.3 Å². The van der Waals surface area contributed by atoms with Crippen molar-refractivity contribution in [2.75, 3.05) is 19.6 Å². The summed E-state index contributed by atoms with van der Waals surface area (Å²) in [7, 11) is 0. The van der Waals surface area contributed by atoms with Crippen LogP contribution >= 0.6 is 0 Å². The van der Waals surface area contributed by atoms with E-state index in [1.807, 2.05) is 0 Å². The quantitative estimate of drug-likeness (QED) is 0.137. The second-order valence-corrected chi connectivity index (χ2v) is 9.79. The number of likely N-dealkylation sites (tertiary alicyclic amines) is 1. The van der Waals surface area contributed by atoms with E-state index >= 15 is 0 Å². The average molecular weight is 582 g/mol. The molecule has 1 heterocycles. The van der Waals surface area contributed by atoms with Gasteiger partial charge in [-0.3, -0.25) is 29.4 Å². The number of carboxylic acid groups (broad SMARTS) is 3. The highest BCUT2D eigenvalue weighted by Gasteiger charge is 2.39. The van der Waals surface area contributed by atoms with Gasteiger partial charge in [0, 0.05) is 30.6 Å². The number of nitrogens with one attached hydrogen (secondary N) is 2. The molecule has 3 atom stereocenters. The third-order valence-electron chi connectivity index (χ3n) is 6.80. The third-order valence-corrected chi connectivity index (χ3v) is 6.80. The molecule has 0 spiro atoms. The number of hydrogen-bond donors (Lipinski definition) is 6. The van der Waals surface area contributed by atoms with Crippen LogP contribution in [0.2, 0.25) is 0 Å². The molecular weight excluding hydrogens is 550 g/mol. The number of nitrogens with two attached hydrogens (primary N) is 1. The smallest absolute Gasteiger partial charge is 0.326 e. The van der Waals surface area contributed by atoms with Gasteiger partial charge in [0.25, 0.3) is 5.91 Å². The van der Waals surface area contributed by atoms with Crippen LogP contribution in [0.3, 0.4) is 0 Å². The Morgan fingerprint density at radius 1 is 0.952 bits per heavy atom. The monoisotopic (exact) mass is 581 g/mol. The average Bonchev–Trinajstić information content (AvgIpc) is 3.44. The van der Waals surface area contributed by atoms with E-state index in [0.29, 0.717) is 21.6 Å². The summed E-state index contributed by atoms with van der Waals surface area (Å²) in [6, 6.07) is 10.8. The van der Waals surface area contributed by atoms with Crippen molar-refractivity contribution in [1.29, 1.82) is 5.41 Å². The summed E-state index contributed by atoms with van der Waals surface area (Å²) in [6.07, 6.45) is -0.964. The van der Waals surface area contributed by atoms with E-state index in [1.54, 1.807) is 30.3 Å². The van der Waals surface area contributed by atoms with Gasteiger partial charge in [0.1, 0.15) is 24.5 Å². The second kappa shape index (κ2) is 13.9. The number of amidine groups is 1. The highest BCUT2D eigenvalue weighted by Crippen LogP contribution is 2.20. The fourth-order valence-electron chi connectivity index (χ4n) is 4.65. The fourth-order valence-corrected chi connectivity index (χ4v) is 4.65. The highest BCUT2D eigenvalue weighted by atomic mass is 16.4. The first-order valence-corrected chi connectivity index (χ1v) is 12.9. The zero-order valence-corrected chi connectivity index (χ0v) is 22.4. The van der Waals surface area contributed by atoms with Crippen molar-refractivity contribution in [3.8, 4) is 0 Å². The van der Waals surface area contributed by atoms with Gasteiger partial charge in [-0.15, -0.1) is 0 Å². The van der Waals surface area contributed by atoms with E-state index in [0.717, 1.165) is 0 Å². The molecule has 3 amide bonds. The highest BCUT2D eigenvalue weighted by molar-refractivity contribution is 5.99. The van der Waals surface area contributed by atoms with Crippen LogP contribution < -0.4 is 11.1 Å². The summed E-state index contributed by atoms with van der Waals surface area (Å²) < 4.78 is 0. The SMILES string of the molecule is N=C(N)c1ccc(C(=O)N2CC[C@@H](C(=O)N[C@@H](CC(=O)O)C(=O)N(CC(=O)O)[C@@H](Cc3ccccc3)C(=O)O)C2)cc1. The van der Waals surface area contributed by atoms with Crippen LogP contribution in [0.4, 0.5) is 0 Å². The molecule has 0 aromatic heterocycles. The standard InChI is InChI=1S/C28H31N5O9/c29-24(30)17-6-8-18(9-7-17)26(39)32-11-10-19(14-32)25(38)31-20(13-22(34)35)27(40)33(15-23(36)37)21(28(41)42)12-16-4-2-1-3-5-16/h1-9,19-21H,10-15H2,(H3,29,30)(H,31,38)(H,34,35)(H,36,37)(H,41,42)/t19-,20+,21+/m1/s1. The molecule has 1 fully saturated rings.